The first-order chi connectivity index (χ1) is 13.9. The van der Waals surface area contributed by atoms with Gasteiger partial charge in [0.25, 0.3) is 5.78 Å². The summed E-state index contributed by atoms with van der Waals surface area (Å²) in [6.07, 6.45) is 3.52. The average molecular weight is 392 g/mol. The Labute approximate surface area is 166 Å². The molecule has 0 radical (unpaired) electrons. The monoisotopic (exact) mass is 391 g/mol. The minimum Gasteiger partial charge on any atom is -0.356 e. The third kappa shape index (κ3) is 2.59. The quantitative estimate of drug-likeness (QED) is 0.535. The molecule has 0 unspecified atom stereocenters. The van der Waals surface area contributed by atoms with Gasteiger partial charge in [-0.05, 0) is 40.8 Å². The number of benzene rings is 1. The lowest BCUT2D eigenvalue weighted by molar-refractivity contribution is 0.249. The zero-order valence-electron chi connectivity index (χ0n) is 15.6. The fourth-order valence-corrected chi connectivity index (χ4v) is 5.82. The number of nitrogens with zero attached hydrogens (tertiary/aromatic N) is 7. The summed E-state index contributed by atoms with van der Waals surface area (Å²) in [6, 6.07) is 10.7. The molecule has 1 aromatic carbocycles. The lowest BCUT2D eigenvalue weighted by Gasteiger charge is -2.27. The largest absolute Gasteiger partial charge is 0.356 e. The van der Waals surface area contributed by atoms with Crippen molar-refractivity contribution >= 4 is 33.1 Å². The van der Waals surface area contributed by atoms with Crippen molar-refractivity contribution in [3.05, 3.63) is 46.3 Å². The molecule has 142 valence electrons. The zero-order chi connectivity index (χ0) is 18.5. The minimum atomic E-state index is 0.606. The van der Waals surface area contributed by atoms with Crippen LogP contribution in [0.1, 0.15) is 28.8 Å². The number of rotatable bonds is 3. The molecule has 0 aliphatic carbocycles. The smallest absolute Gasteiger partial charge is 0.276 e. The molecule has 1 saturated heterocycles. The summed E-state index contributed by atoms with van der Waals surface area (Å²) in [5, 5.41) is 13.5. The van der Waals surface area contributed by atoms with Crippen LogP contribution in [0.3, 0.4) is 0 Å². The highest BCUT2D eigenvalue weighted by atomic mass is 32.1. The third-order valence-electron chi connectivity index (χ3n) is 5.85. The Morgan fingerprint density at radius 1 is 1.04 bits per heavy atom. The molecular weight excluding hydrogens is 370 g/mol. The molecule has 3 aromatic heterocycles. The Balaban J connectivity index is 1.44. The van der Waals surface area contributed by atoms with Gasteiger partial charge in [0, 0.05) is 37.6 Å². The molecule has 7 nitrogen and oxygen atoms in total. The molecule has 0 N–H and O–H groups in total. The first-order valence-electron chi connectivity index (χ1n) is 9.90. The summed E-state index contributed by atoms with van der Waals surface area (Å²) in [4.78, 5) is 12.4. The van der Waals surface area contributed by atoms with Crippen LogP contribution in [-0.4, -0.2) is 49.6 Å². The first-order valence-corrected chi connectivity index (χ1v) is 10.7. The van der Waals surface area contributed by atoms with Crippen LogP contribution in [0, 0.1) is 0 Å². The molecule has 6 rings (SSSR count). The highest BCUT2D eigenvalue weighted by Gasteiger charge is 2.28. The summed E-state index contributed by atoms with van der Waals surface area (Å²) in [5.41, 5.74) is 2.82. The fourth-order valence-electron chi connectivity index (χ4n) is 4.49. The van der Waals surface area contributed by atoms with Gasteiger partial charge in [0.05, 0.1) is 5.39 Å². The molecule has 4 aromatic rings. The van der Waals surface area contributed by atoms with E-state index in [2.05, 4.69) is 55.7 Å². The molecular formula is C20H21N7S. The van der Waals surface area contributed by atoms with Crippen LogP contribution in [0.4, 0.5) is 5.82 Å². The SMILES string of the molecule is c1ccc(CN2CCc3c(sc4c3c(N3CCCC3)nc3nnnn34)C2)cc1. The van der Waals surface area contributed by atoms with Crippen molar-refractivity contribution in [2.75, 3.05) is 24.5 Å². The van der Waals surface area contributed by atoms with E-state index in [1.165, 1.54) is 34.2 Å². The van der Waals surface area contributed by atoms with Crippen LogP contribution in [0.15, 0.2) is 30.3 Å². The predicted molar refractivity (Wildman–Crippen MR) is 110 cm³/mol. The van der Waals surface area contributed by atoms with Crippen molar-refractivity contribution in [1.29, 1.82) is 0 Å². The van der Waals surface area contributed by atoms with Crippen LogP contribution in [0.2, 0.25) is 0 Å². The number of tetrazole rings is 1. The molecule has 5 heterocycles. The summed E-state index contributed by atoms with van der Waals surface area (Å²) >= 11 is 1.83. The molecule has 0 amide bonds. The molecule has 0 saturated carbocycles. The standard InChI is InChI=1S/C20H21N7S/c1-2-6-14(7-3-1)12-25-11-8-15-16(13-25)28-19-17(15)18(26-9-4-5-10-26)21-20-22-23-24-27(19)20/h1-3,6-7H,4-5,8-13H2. The topological polar surface area (TPSA) is 62.5 Å². The van der Waals surface area contributed by atoms with Crippen LogP contribution < -0.4 is 4.90 Å². The Morgan fingerprint density at radius 2 is 1.89 bits per heavy atom. The lowest BCUT2D eigenvalue weighted by atomic mass is 10.0. The second-order valence-corrected chi connectivity index (χ2v) is 8.73. The van der Waals surface area contributed by atoms with Gasteiger partial charge in [-0.3, -0.25) is 4.90 Å². The molecule has 8 heteroatoms. The molecule has 1 fully saturated rings. The van der Waals surface area contributed by atoms with Crippen LogP contribution in [-0.2, 0) is 19.5 Å². The van der Waals surface area contributed by atoms with Crippen LogP contribution in [0.25, 0.3) is 16.0 Å². The maximum Gasteiger partial charge on any atom is 0.276 e. The van der Waals surface area contributed by atoms with Crippen LogP contribution in [0.5, 0.6) is 0 Å². The molecule has 2 aliphatic rings. The Hall–Kier alpha value is -2.58. The zero-order valence-corrected chi connectivity index (χ0v) is 16.4. The van der Waals surface area contributed by atoms with Gasteiger partial charge in [-0.2, -0.15) is 9.50 Å². The van der Waals surface area contributed by atoms with E-state index in [4.69, 9.17) is 4.98 Å². The molecule has 0 spiro atoms. The highest BCUT2D eigenvalue weighted by molar-refractivity contribution is 7.19. The molecule has 0 bridgehead atoms. The van der Waals surface area contributed by atoms with E-state index in [1.807, 2.05) is 15.9 Å². The van der Waals surface area contributed by atoms with Crippen LogP contribution >= 0.6 is 11.3 Å². The van der Waals surface area contributed by atoms with Gasteiger partial charge in [0.15, 0.2) is 0 Å². The molecule has 28 heavy (non-hydrogen) atoms. The maximum absolute atomic E-state index is 4.86. The second kappa shape index (κ2) is 6.49. The van der Waals surface area contributed by atoms with Crippen molar-refractivity contribution in [3.63, 3.8) is 0 Å². The number of thiophene rings is 1. The maximum atomic E-state index is 4.86. The fraction of sp³-hybridized carbons (Fsp3) is 0.400. The van der Waals surface area contributed by atoms with Gasteiger partial charge in [-0.1, -0.05) is 35.4 Å². The van der Waals surface area contributed by atoms with Crippen molar-refractivity contribution in [3.8, 4) is 0 Å². The first kappa shape index (κ1) is 16.4. The lowest BCUT2D eigenvalue weighted by Crippen LogP contribution is -2.29. The van der Waals surface area contributed by atoms with Crippen molar-refractivity contribution in [2.24, 2.45) is 0 Å². The number of aromatic nitrogens is 5. The summed E-state index contributed by atoms with van der Waals surface area (Å²) in [7, 11) is 0. The van der Waals surface area contributed by atoms with E-state index in [1.54, 1.807) is 0 Å². The number of hydrogen-bond acceptors (Lipinski definition) is 7. The van der Waals surface area contributed by atoms with E-state index in [0.717, 1.165) is 49.8 Å². The van der Waals surface area contributed by atoms with Gasteiger partial charge < -0.3 is 4.90 Å². The predicted octanol–water partition coefficient (Wildman–Crippen LogP) is 2.89. The van der Waals surface area contributed by atoms with E-state index in [-0.39, 0.29) is 0 Å². The summed E-state index contributed by atoms with van der Waals surface area (Å²) < 4.78 is 1.82. The number of hydrogen-bond donors (Lipinski definition) is 0. The second-order valence-electron chi connectivity index (χ2n) is 7.65. The van der Waals surface area contributed by atoms with Gasteiger partial charge in [0.1, 0.15) is 10.6 Å². The van der Waals surface area contributed by atoms with E-state index in [0.29, 0.717) is 5.78 Å². The van der Waals surface area contributed by atoms with Crippen molar-refractivity contribution < 1.29 is 0 Å². The highest BCUT2D eigenvalue weighted by Crippen LogP contribution is 2.40. The average Bonchev–Trinajstić information content (AvgIpc) is 3.46. The van der Waals surface area contributed by atoms with Gasteiger partial charge in [0.2, 0.25) is 0 Å². The van der Waals surface area contributed by atoms with E-state index >= 15 is 0 Å². The summed E-state index contributed by atoms with van der Waals surface area (Å²) in [6.45, 7) is 5.19. The Kier molecular flexibility index (Phi) is 3.80. The van der Waals surface area contributed by atoms with Gasteiger partial charge in [-0.25, -0.2) is 0 Å². The summed E-state index contributed by atoms with van der Waals surface area (Å²) in [5.74, 6) is 1.69. The van der Waals surface area contributed by atoms with Crippen molar-refractivity contribution in [1.82, 2.24) is 29.9 Å². The number of fused-ring (bicyclic) bond motifs is 5. The third-order valence-corrected chi connectivity index (χ3v) is 7.04. The Morgan fingerprint density at radius 3 is 2.75 bits per heavy atom. The minimum absolute atomic E-state index is 0.606. The van der Waals surface area contributed by atoms with E-state index in [9.17, 15) is 0 Å². The normalized spacial score (nSPS) is 17.6. The van der Waals surface area contributed by atoms with Gasteiger partial charge in [-0.15, -0.1) is 11.3 Å². The van der Waals surface area contributed by atoms with Gasteiger partial charge >= 0.3 is 0 Å². The number of anilines is 1. The molecule has 0 atom stereocenters. The molecule has 2 aliphatic heterocycles. The van der Waals surface area contributed by atoms with E-state index < -0.39 is 0 Å². The van der Waals surface area contributed by atoms with Crippen molar-refractivity contribution in [2.45, 2.75) is 32.4 Å². The Bertz CT molecular complexity index is 1140.